The molecule has 5 rings (SSSR count). The van der Waals surface area contributed by atoms with Gasteiger partial charge in [-0.05, 0) is 68.1 Å². The summed E-state index contributed by atoms with van der Waals surface area (Å²) >= 11 is 0. The van der Waals surface area contributed by atoms with Gasteiger partial charge < -0.3 is 20.1 Å². The van der Waals surface area contributed by atoms with Crippen LogP contribution in [-0.4, -0.2) is 45.8 Å². The Bertz CT molecular complexity index is 523. The van der Waals surface area contributed by atoms with Gasteiger partial charge in [-0.15, -0.1) is 0 Å². The van der Waals surface area contributed by atoms with E-state index in [0.717, 1.165) is 51.4 Å². The molecule has 0 radical (unpaired) electrons. The summed E-state index contributed by atoms with van der Waals surface area (Å²) in [5, 5.41) is 31.1. The van der Waals surface area contributed by atoms with Crippen molar-refractivity contribution in [2.24, 2.45) is 28.6 Å². The van der Waals surface area contributed by atoms with E-state index in [4.69, 9.17) is 4.74 Å². The van der Waals surface area contributed by atoms with Gasteiger partial charge in [-0.25, -0.2) is 0 Å². The molecule has 0 bridgehead atoms. The molecule has 0 aromatic carbocycles. The van der Waals surface area contributed by atoms with Crippen LogP contribution in [0.5, 0.6) is 0 Å². The van der Waals surface area contributed by atoms with E-state index in [2.05, 4.69) is 6.92 Å². The molecular weight excluding hydrogens is 292 g/mol. The molecule has 23 heavy (non-hydrogen) atoms. The standard InChI is InChI=1S/C19H30O4/c1-17-6-5-13-14(19(17)16(23-19)9-15(17)22)3-2-11-8-12(21)4-7-18(11,13)10-20/h11-16,20-22H,2-10H2,1H3/t11-,12-,13-,14+,15-,16-,17+,18+,19-/m0/s1. The predicted molar refractivity (Wildman–Crippen MR) is 84.6 cm³/mol. The molecule has 4 nitrogen and oxygen atoms in total. The van der Waals surface area contributed by atoms with Crippen LogP contribution in [-0.2, 0) is 4.74 Å². The van der Waals surface area contributed by atoms with Crippen molar-refractivity contribution in [1.29, 1.82) is 0 Å². The van der Waals surface area contributed by atoms with Crippen molar-refractivity contribution in [3.63, 3.8) is 0 Å². The fourth-order valence-corrected chi connectivity index (χ4v) is 7.74. The summed E-state index contributed by atoms with van der Waals surface area (Å²) < 4.78 is 6.29. The van der Waals surface area contributed by atoms with Gasteiger partial charge in [0, 0.05) is 18.4 Å². The summed E-state index contributed by atoms with van der Waals surface area (Å²) in [7, 11) is 0. The average molecular weight is 322 g/mol. The quantitative estimate of drug-likeness (QED) is 0.644. The van der Waals surface area contributed by atoms with E-state index >= 15 is 0 Å². The monoisotopic (exact) mass is 322 g/mol. The van der Waals surface area contributed by atoms with Gasteiger partial charge in [-0.1, -0.05) is 6.92 Å². The number of fused-ring (bicyclic) bond motifs is 3. The van der Waals surface area contributed by atoms with E-state index in [1.165, 1.54) is 0 Å². The highest BCUT2D eigenvalue weighted by Crippen LogP contribution is 2.74. The van der Waals surface area contributed by atoms with Crippen molar-refractivity contribution in [3.05, 3.63) is 0 Å². The molecule has 9 atom stereocenters. The molecule has 1 saturated heterocycles. The highest BCUT2D eigenvalue weighted by Gasteiger charge is 2.80. The van der Waals surface area contributed by atoms with Crippen molar-refractivity contribution in [1.82, 2.24) is 0 Å². The first-order valence-electron chi connectivity index (χ1n) is 9.63. The maximum atomic E-state index is 10.6. The first-order valence-corrected chi connectivity index (χ1v) is 9.63. The van der Waals surface area contributed by atoms with Crippen LogP contribution < -0.4 is 0 Å². The first kappa shape index (κ1) is 15.1. The van der Waals surface area contributed by atoms with Gasteiger partial charge in [0.15, 0.2) is 0 Å². The van der Waals surface area contributed by atoms with Gasteiger partial charge in [-0.2, -0.15) is 0 Å². The number of rotatable bonds is 1. The van der Waals surface area contributed by atoms with Gasteiger partial charge in [0.1, 0.15) is 5.60 Å². The highest BCUT2D eigenvalue weighted by atomic mass is 16.6. The molecule has 0 unspecified atom stereocenters. The summed E-state index contributed by atoms with van der Waals surface area (Å²) in [5.41, 5.74) is -0.211. The molecule has 4 saturated carbocycles. The van der Waals surface area contributed by atoms with Crippen molar-refractivity contribution in [2.75, 3.05) is 6.61 Å². The second-order valence-corrected chi connectivity index (χ2v) is 9.41. The van der Waals surface area contributed by atoms with Crippen LogP contribution in [0.3, 0.4) is 0 Å². The molecular formula is C19H30O4. The minimum absolute atomic E-state index is 0.0116. The zero-order valence-corrected chi connectivity index (χ0v) is 14.1. The number of epoxide rings is 1. The fraction of sp³-hybridized carbons (Fsp3) is 1.00. The lowest BCUT2D eigenvalue weighted by Gasteiger charge is -2.61. The van der Waals surface area contributed by atoms with Gasteiger partial charge in [-0.3, -0.25) is 0 Å². The summed E-state index contributed by atoms with van der Waals surface area (Å²) in [4.78, 5) is 0. The second kappa shape index (κ2) is 4.51. The SMILES string of the molecule is C[C@]12CC[C@H]3[C@@H](CC[C@H]4C[C@@H](O)CC[C@@]43CO)[C@@]13O[C@H]3C[C@@H]2O. The molecule has 4 aliphatic carbocycles. The minimum atomic E-state index is -0.224. The average Bonchev–Trinajstić information content (AvgIpc) is 3.20. The largest absolute Gasteiger partial charge is 0.396 e. The summed E-state index contributed by atoms with van der Waals surface area (Å²) in [6.45, 7) is 2.49. The molecule has 0 aromatic heterocycles. The minimum Gasteiger partial charge on any atom is -0.396 e. The third-order valence-electron chi connectivity index (χ3n) is 9.01. The van der Waals surface area contributed by atoms with Crippen LogP contribution in [0.4, 0.5) is 0 Å². The Morgan fingerprint density at radius 3 is 2.61 bits per heavy atom. The fourth-order valence-electron chi connectivity index (χ4n) is 7.74. The zero-order chi connectivity index (χ0) is 16.0. The Morgan fingerprint density at radius 2 is 1.83 bits per heavy atom. The molecule has 0 aromatic rings. The van der Waals surface area contributed by atoms with E-state index < -0.39 is 0 Å². The maximum Gasteiger partial charge on any atom is 0.106 e. The molecule has 5 aliphatic rings. The van der Waals surface area contributed by atoms with E-state index in [-0.39, 0.29) is 41.3 Å². The lowest BCUT2D eigenvalue weighted by atomic mass is 9.44. The molecule has 1 spiro atoms. The van der Waals surface area contributed by atoms with E-state index in [1.807, 2.05) is 0 Å². The lowest BCUT2D eigenvalue weighted by molar-refractivity contribution is -0.174. The molecule has 0 amide bonds. The van der Waals surface area contributed by atoms with Crippen LogP contribution in [0.2, 0.25) is 0 Å². The Hall–Kier alpha value is -0.160. The molecule has 1 aliphatic heterocycles. The number of hydrogen-bond donors (Lipinski definition) is 3. The third kappa shape index (κ3) is 1.58. The van der Waals surface area contributed by atoms with Crippen LogP contribution in [0.25, 0.3) is 0 Å². The summed E-state index contributed by atoms with van der Waals surface area (Å²) in [6, 6.07) is 0. The number of aliphatic hydroxyl groups is 3. The topological polar surface area (TPSA) is 73.2 Å². The Labute approximate surface area is 138 Å². The molecule has 3 N–H and O–H groups in total. The van der Waals surface area contributed by atoms with Crippen LogP contribution >= 0.6 is 0 Å². The Morgan fingerprint density at radius 1 is 1.00 bits per heavy atom. The van der Waals surface area contributed by atoms with Gasteiger partial charge >= 0.3 is 0 Å². The van der Waals surface area contributed by atoms with Crippen molar-refractivity contribution >= 4 is 0 Å². The number of aliphatic hydroxyl groups excluding tert-OH is 3. The van der Waals surface area contributed by atoms with Crippen molar-refractivity contribution in [2.45, 2.75) is 82.2 Å². The van der Waals surface area contributed by atoms with E-state index in [1.54, 1.807) is 0 Å². The molecule has 5 fully saturated rings. The molecule has 130 valence electrons. The van der Waals surface area contributed by atoms with Crippen LogP contribution in [0.1, 0.15) is 58.3 Å². The number of hydrogen-bond acceptors (Lipinski definition) is 4. The van der Waals surface area contributed by atoms with Gasteiger partial charge in [0.05, 0.1) is 18.3 Å². The van der Waals surface area contributed by atoms with Gasteiger partial charge in [0.25, 0.3) is 0 Å². The summed E-state index contributed by atoms with van der Waals surface area (Å²) in [5.74, 6) is 1.45. The van der Waals surface area contributed by atoms with Gasteiger partial charge in [0.2, 0.25) is 0 Å². The lowest BCUT2D eigenvalue weighted by Crippen LogP contribution is -2.61. The van der Waals surface area contributed by atoms with Crippen LogP contribution in [0.15, 0.2) is 0 Å². The van der Waals surface area contributed by atoms with Crippen molar-refractivity contribution in [3.8, 4) is 0 Å². The highest BCUT2D eigenvalue weighted by molar-refractivity contribution is 5.28. The third-order valence-corrected chi connectivity index (χ3v) is 9.01. The summed E-state index contributed by atoms with van der Waals surface area (Å²) in [6.07, 6.45) is 7.65. The molecule has 4 heteroatoms. The Kier molecular flexibility index (Phi) is 2.97. The van der Waals surface area contributed by atoms with E-state index in [9.17, 15) is 15.3 Å². The van der Waals surface area contributed by atoms with E-state index in [0.29, 0.717) is 17.8 Å². The maximum absolute atomic E-state index is 10.6. The second-order valence-electron chi connectivity index (χ2n) is 9.41. The zero-order valence-electron chi connectivity index (χ0n) is 14.1. The normalized spacial score (nSPS) is 63.7. The predicted octanol–water partition coefficient (Wildman–Crippen LogP) is 1.85. The van der Waals surface area contributed by atoms with Crippen molar-refractivity contribution < 1.29 is 20.1 Å². The smallest absolute Gasteiger partial charge is 0.106 e. The van der Waals surface area contributed by atoms with Crippen LogP contribution in [0, 0.1) is 28.6 Å². The number of ether oxygens (including phenoxy) is 1. The first-order chi connectivity index (χ1) is 11.0. The molecule has 1 heterocycles. The Balaban J connectivity index is 1.53.